The fourth-order valence-corrected chi connectivity index (χ4v) is 4.08. The van der Waals surface area contributed by atoms with Gasteiger partial charge >= 0.3 is 0 Å². The van der Waals surface area contributed by atoms with Crippen LogP contribution in [0.4, 0.5) is 5.82 Å². The molecule has 1 aromatic heterocycles. The van der Waals surface area contributed by atoms with Gasteiger partial charge in [-0.25, -0.2) is 9.97 Å². The summed E-state index contributed by atoms with van der Waals surface area (Å²) in [4.78, 5) is 9.56. The predicted molar refractivity (Wildman–Crippen MR) is 151 cm³/mol. The van der Waals surface area contributed by atoms with Gasteiger partial charge in [-0.05, 0) is 82.9 Å². The summed E-state index contributed by atoms with van der Waals surface area (Å²) in [5.74, 6) is 1.53. The van der Waals surface area contributed by atoms with Crippen LogP contribution in [0, 0.1) is 3.57 Å². The number of nitrogens with two attached hydrogens (primary N) is 1. The zero-order valence-electron chi connectivity index (χ0n) is 19.1. The third-order valence-electron chi connectivity index (χ3n) is 5.37. The van der Waals surface area contributed by atoms with Crippen LogP contribution in [0.25, 0.3) is 34.2 Å². The van der Waals surface area contributed by atoms with Crippen LogP contribution >= 0.6 is 22.6 Å². The molecule has 0 spiro atoms. The molecule has 5 nitrogen and oxygen atoms in total. The molecule has 0 amide bonds. The Morgan fingerprint density at radius 2 is 1.62 bits per heavy atom. The molecule has 0 radical (unpaired) electrons. The first-order chi connectivity index (χ1) is 16.7. The molecule has 0 fully saturated rings. The lowest BCUT2D eigenvalue weighted by Gasteiger charge is -2.10. The van der Waals surface area contributed by atoms with Crippen LogP contribution in [-0.2, 0) is 4.74 Å². The van der Waals surface area contributed by atoms with Crippen molar-refractivity contribution in [2.45, 2.75) is 12.8 Å². The summed E-state index contributed by atoms with van der Waals surface area (Å²) in [7, 11) is 0. The van der Waals surface area contributed by atoms with Gasteiger partial charge in [0.2, 0.25) is 0 Å². The van der Waals surface area contributed by atoms with Gasteiger partial charge in [0.15, 0.2) is 5.82 Å². The lowest BCUT2D eigenvalue weighted by atomic mass is 10.0. The van der Waals surface area contributed by atoms with Gasteiger partial charge in [0.25, 0.3) is 0 Å². The zero-order valence-corrected chi connectivity index (χ0v) is 21.2. The van der Waals surface area contributed by atoms with Crippen LogP contribution in [0.5, 0.6) is 0 Å². The van der Waals surface area contributed by atoms with Gasteiger partial charge in [-0.1, -0.05) is 60.7 Å². The predicted octanol–water partition coefficient (Wildman–Crippen LogP) is 6.24. The maximum atomic E-state index is 5.60. The minimum absolute atomic E-state index is 0.664. The Hall–Kier alpha value is -2.81. The number of anilines is 1. The van der Waals surface area contributed by atoms with Gasteiger partial charge in [-0.3, -0.25) is 0 Å². The first kappa shape index (κ1) is 24.3. The number of halogens is 1. The molecule has 174 valence electrons. The topological polar surface area (TPSA) is 73.1 Å². The first-order valence-electron chi connectivity index (χ1n) is 11.6. The standard InChI is InChI=1S/C28H29IN4O/c29-24-13-14-26-25(20-24)28(31-17-5-19-34-18-4-16-30)33-27(32-26)15-10-21-8-11-23(12-9-21)22-6-2-1-3-7-22/h1-3,6-15,20H,4-5,16-19,30H2,(H,31,32,33). The number of fused-ring (bicyclic) bond motifs is 1. The van der Waals surface area contributed by atoms with Crippen molar-refractivity contribution < 1.29 is 4.74 Å². The van der Waals surface area contributed by atoms with Gasteiger partial charge in [0.1, 0.15) is 5.82 Å². The fraction of sp³-hybridized carbons (Fsp3) is 0.214. The molecule has 34 heavy (non-hydrogen) atoms. The third kappa shape index (κ3) is 6.85. The van der Waals surface area contributed by atoms with E-state index >= 15 is 0 Å². The number of nitrogens with zero attached hydrogens (tertiary/aromatic N) is 2. The molecule has 0 aliphatic heterocycles. The lowest BCUT2D eigenvalue weighted by Crippen LogP contribution is -2.10. The molecular formula is C28H29IN4O. The van der Waals surface area contributed by atoms with E-state index in [9.17, 15) is 0 Å². The van der Waals surface area contributed by atoms with Crippen molar-refractivity contribution in [2.24, 2.45) is 5.73 Å². The summed E-state index contributed by atoms with van der Waals surface area (Å²) in [5.41, 5.74) is 9.95. The molecule has 3 N–H and O–H groups in total. The molecular weight excluding hydrogens is 535 g/mol. The number of hydrogen-bond donors (Lipinski definition) is 2. The van der Waals surface area contributed by atoms with E-state index < -0.39 is 0 Å². The van der Waals surface area contributed by atoms with Crippen LogP contribution in [-0.4, -0.2) is 36.3 Å². The summed E-state index contributed by atoms with van der Waals surface area (Å²) < 4.78 is 6.76. The van der Waals surface area contributed by atoms with E-state index in [1.165, 1.54) is 11.1 Å². The number of hydrogen-bond acceptors (Lipinski definition) is 5. The largest absolute Gasteiger partial charge is 0.381 e. The first-order valence-corrected chi connectivity index (χ1v) is 12.6. The quantitative estimate of drug-likeness (QED) is 0.167. The highest BCUT2D eigenvalue weighted by atomic mass is 127. The van der Waals surface area contributed by atoms with Crippen LogP contribution in [0.1, 0.15) is 24.2 Å². The number of aromatic nitrogens is 2. The number of ether oxygens (including phenoxy) is 1. The zero-order chi connectivity index (χ0) is 23.6. The van der Waals surface area contributed by atoms with Crippen LogP contribution < -0.4 is 11.1 Å². The highest BCUT2D eigenvalue weighted by Crippen LogP contribution is 2.24. The summed E-state index contributed by atoms with van der Waals surface area (Å²) >= 11 is 2.32. The third-order valence-corrected chi connectivity index (χ3v) is 6.04. The highest BCUT2D eigenvalue weighted by molar-refractivity contribution is 14.1. The van der Waals surface area contributed by atoms with Gasteiger partial charge in [0.05, 0.1) is 5.52 Å². The van der Waals surface area contributed by atoms with Crippen molar-refractivity contribution in [2.75, 3.05) is 31.6 Å². The van der Waals surface area contributed by atoms with Crippen molar-refractivity contribution in [1.29, 1.82) is 0 Å². The van der Waals surface area contributed by atoms with Crippen LogP contribution in [0.2, 0.25) is 0 Å². The monoisotopic (exact) mass is 564 g/mol. The molecule has 0 unspecified atom stereocenters. The van der Waals surface area contributed by atoms with Gasteiger partial charge in [0, 0.05) is 28.7 Å². The van der Waals surface area contributed by atoms with Crippen molar-refractivity contribution in [1.82, 2.24) is 9.97 Å². The molecule has 4 aromatic rings. The summed E-state index contributed by atoms with van der Waals surface area (Å²) in [6.07, 6.45) is 5.82. The molecule has 0 saturated heterocycles. The molecule has 3 aromatic carbocycles. The molecule has 6 heteroatoms. The van der Waals surface area contributed by atoms with Crippen molar-refractivity contribution in [3.63, 3.8) is 0 Å². The summed E-state index contributed by atoms with van der Waals surface area (Å²) in [6, 6.07) is 25.1. The second-order valence-electron chi connectivity index (χ2n) is 7.95. The average Bonchev–Trinajstić information content (AvgIpc) is 2.88. The molecule has 0 bridgehead atoms. The average molecular weight is 564 g/mol. The van der Waals surface area contributed by atoms with Gasteiger partial charge in [-0.15, -0.1) is 0 Å². The second kappa shape index (κ2) is 12.6. The van der Waals surface area contributed by atoms with Gasteiger partial charge < -0.3 is 15.8 Å². The van der Waals surface area contributed by atoms with E-state index in [-0.39, 0.29) is 0 Å². The highest BCUT2D eigenvalue weighted by Gasteiger charge is 2.07. The van der Waals surface area contributed by atoms with Crippen molar-refractivity contribution >= 4 is 51.5 Å². The minimum atomic E-state index is 0.664. The Kier molecular flexibility index (Phi) is 9.01. The van der Waals surface area contributed by atoms with Crippen molar-refractivity contribution in [3.05, 3.63) is 87.8 Å². The Balaban J connectivity index is 1.47. The van der Waals surface area contributed by atoms with E-state index in [2.05, 4.69) is 94.6 Å². The van der Waals surface area contributed by atoms with Crippen LogP contribution in [0.15, 0.2) is 72.8 Å². The summed E-state index contributed by atoms with van der Waals surface area (Å²) in [6.45, 7) is 2.87. The molecule has 0 saturated carbocycles. The minimum Gasteiger partial charge on any atom is -0.381 e. The maximum Gasteiger partial charge on any atom is 0.154 e. The lowest BCUT2D eigenvalue weighted by molar-refractivity contribution is 0.133. The number of benzene rings is 3. The van der Waals surface area contributed by atoms with E-state index in [1.807, 2.05) is 18.2 Å². The maximum absolute atomic E-state index is 5.60. The van der Waals surface area contributed by atoms with E-state index in [4.69, 9.17) is 20.4 Å². The van der Waals surface area contributed by atoms with E-state index in [0.29, 0.717) is 25.6 Å². The van der Waals surface area contributed by atoms with E-state index in [1.54, 1.807) is 0 Å². The smallest absolute Gasteiger partial charge is 0.154 e. The molecule has 0 aliphatic carbocycles. The summed E-state index contributed by atoms with van der Waals surface area (Å²) in [5, 5.41) is 4.51. The SMILES string of the molecule is NCCCOCCCNc1nc(C=Cc2ccc(-c3ccccc3)cc2)nc2ccc(I)cc12. The molecule has 1 heterocycles. The van der Waals surface area contributed by atoms with Gasteiger partial charge in [-0.2, -0.15) is 0 Å². The molecule has 4 rings (SSSR count). The fourth-order valence-electron chi connectivity index (χ4n) is 3.58. The number of nitrogens with one attached hydrogen (secondary N) is 1. The number of rotatable bonds is 11. The Bertz CT molecular complexity index is 1230. The van der Waals surface area contributed by atoms with Crippen molar-refractivity contribution in [3.8, 4) is 11.1 Å². The molecule has 0 aliphatic rings. The normalized spacial score (nSPS) is 11.4. The Morgan fingerprint density at radius 1 is 0.853 bits per heavy atom. The second-order valence-corrected chi connectivity index (χ2v) is 9.19. The Morgan fingerprint density at radius 3 is 2.41 bits per heavy atom. The molecule has 0 atom stereocenters. The van der Waals surface area contributed by atoms with Crippen LogP contribution in [0.3, 0.4) is 0 Å². The Labute approximate surface area is 214 Å². The van der Waals surface area contributed by atoms with E-state index in [0.717, 1.165) is 45.2 Å².